The van der Waals surface area contributed by atoms with Gasteiger partial charge in [0.25, 0.3) is 11.5 Å². The summed E-state index contributed by atoms with van der Waals surface area (Å²) >= 11 is 1.50. The zero-order valence-corrected chi connectivity index (χ0v) is 16.9. The first-order valence-electron chi connectivity index (χ1n) is 9.26. The van der Waals surface area contributed by atoms with Gasteiger partial charge in [0.1, 0.15) is 17.9 Å². The molecule has 0 saturated heterocycles. The minimum absolute atomic E-state index is 0.0860. The number of benzene rings is 2. The summed E-state index contributed by atoms with van der Waals surface area (Å²) < 4.78 is 19.0. The molecule has 31 heavy (non-hydrogen) atoms. The number of carbonyl (C=O) groups excluding carboxylic acids is 1. The Hall–Kier alpha value is -3.73. The summed E-state index contributed by atoms with van der Waals surface area (Å²) in [5, 5.41) is 10.1. The molecular weight excluding hydrogens is 423 g/mol. The number of H-pyrrole nitrogens is 2. The lowest BCUT2D eigenvalue weighted by atomic mass is 10.2. The first-order chi connectivity index (χ1) is 15.1. The van der Waals surface area contributed by atoms with Gasteiger partial charge in [0.05, 0.1) is 17.5 Å². The number of ether oxygens (including phenoxy) is 1. The molecule has 0 radical (unpaired) electrons. The average Bonchev–Trinajstić information content (AvgIpc) is 3.29. The van der Waals surface area contributed by atoms with Crippen LogP contribution in [0.15, 0.2) is 58.7 Å². The molecule has 0 atom stereocenters. The standard InChI is InChI=1S/C20H17FN6O3S/c21-13-4-5-16-15(9-13)18(28)26-17(25-16)19(29)22-10-12-2-1-3-14(8-12)30-6-7-31-20-23-11-24-27-20/h1-5,8-9,11H,6-7,10H2,(H,22,29)(H,23,24,27)(H,25,26,28). The number of nitrogens with one attached hydrogen (secondary N) is 3. The van der Waals surface area contributed by atoms with Gasteiger partial charge in [-0.2, -0.15) is 5.10 Å². The maximum atomic E-state index is 13.3. The van der Waals surface area contributed by atoms with Crippen LogP contribution in [0.5, 0.6) is 5.75 Å². The predicted molar refractivity (Wildman–Crippen MR) is 113 cm³/mol. The lowest BCUT2D eigenvalue weighted by Crippen LogP contribution is -2.27. The zero-order valence-electron chi connectivity index (χ0n) is 16.1. The highest BCUT2D eigenvalue weighted by Crippen LogP contribution is 2.16. The van der Waals surface area contributed by atoms with Crippen molar-refractivity contribution in [2.75, 3.05) is 12.4 Å². The number of carbonyl (C=O) groups is 1. The summed E-state index contributed by atoms with van der Waals surface area (Å²) in [4.78, 5) is 35.0. The van der Waals surface area contributed by atoms with Gasteiger partial charge in [-0.05, 0) is 35.9 Å². The molecule has 0 aliphatic rings. The summed E-state index contributed by atoms with van der Waals surface area (Å²) in [6.07, 6.45) is 1.45. The molecule has 2 aromatic heterocycles. The van der Waals surface area contributed by atoms with Gasteiger partial charge in [0.2, 0.25) is 0 Å². The maximum Gasteiger partial charge on any atom is 0.287 e. The van der Waals surface area contributed by atoms with E-state index < -0.39 is 17.3 Å². The average molecular weight is 440 g/mol. The van der Waals surface area contributed by atoms with Crippen LogP contribution in [0.3, 0.4) is 0 Å². The fourth-order valence-corrected chi connectivity index (χ4v) is 3.39. The third-order valence-corrected chi connectivity index (χ3v) is 5.06. The molecule has 11 heteroatoms. The highest BCUT2D eigenvalue weighted by Gasteiger charge is 2.12. The minimum Gasteiger partial charge on any atom is -0.493 e. The molecule has 4 rings (SSSR count). The van der Waals surface area contributed by atoms with E-state index in [0.717, 1.165) is 16.8 Å². The molecule has 0 bridgehead atoms. The topological polar surface area (TPSA) is 126 Å². The van der Waals surface area contributed by atoms with E-state index in [9.17, 15) is 14.0 Å². The summed E-state index contributed by atoms with van der Waals surface area (Å²) in [7, 11) is 0. The van der Waals surface area contributed by atoms with Crippen molar-refractivity contribution in [3.8, 4) is 5.75 Å². The zero-order chi connectivity index (χ0) is 21.6. The molecule has 0 aliphatic heterocycles. The number of hydrogen-bond donors (Lipinski definition) is 3. The molecule has 0 saturated carbocycles. The second kappa shape index (κ2) is 9.39. The molecule has 0 unspecified atom stereocenters. The Morgan fingerprint density at radius 2 is 2.13 bits per heavy atom. The second-order valence-corrected chi connectivity index (χ2v) is 7.48. The van der Waals surface area contributed by atoms with Crippen LogP contribution >= 0.6 is 11.8 Å². The molecule has 9 nitrogen and oxygen atoms in total. The normalized spacial score (nSPS) is 10.9. The molecule has 158 valence electrons. The van der Waals surface area contributed by atoms with E-state index >= 15 is 0 Å². The van der Waals surface area contributed by atoms with Crippen LogP contribution in [0, 0.1) is 5.82 Å². The van der Waals surface area contributed by atoms with Crippen LogP contribution in [-0.2, 0) is 6.54 Å². The van der Waals surface area contributed by atoms with Gasteiger partial charge < -0.3 is 15.0 Å². The van der Waals surface area contributed by atoms with Crippen LogP contribution in [-0.4, -0.2) is 43.4 Å². The largest absolute Gasteiger partial charge is 0.493 e. The molecule has 2 heterocycles. The lowest BCUT2D eigenvalue weighted by molar-refractivity contribution is 0.0940. The highest BCUT2D eigenvalue weighted by atomic mass is 32.2. The Labute approximate surface area is 179 Å². The number of amides is 1. The lowest BCUT2D eigenvalue weighted by Gasteiger charge is -2.09. The fourth-order valence-electron chi connectivity index (χ4n) is 2.79. The number of hydrogen-bond acceptors (Lipinski definition) is 7. The minimum atomic E-state index is -0.576. The van der Waals surface area contributed by atoms with Gasteiger partial charge in [-0.1, -0.05) is 23.9 Å². The first kappa shape index (κ1) is 20.5. The van der Waals surface area contributed by atoms with Gasteiger partial charge in [-0.3, -0.25) is 14.7 Å². The number of thioether (sulfide) groups is 1. The summed E-state index contributed by atoms with van der Waals surface area (Å²) in [6.45, 7) is 0.692. The van der Waals surface area contributed by atoms with E-state index in [-0.39, 0.29) is 23.3 Å². The van der Waals surface area contributed by atoms with Gasteiger partial charge >= 0.3 is 0 Å². The van der Waals surface area contributed by atoms with Crippen molar-refractivity contribution >= 4 is 28.6 Å². The summed E-state index contributed by atoms with van der Waals surface area (Å²) in [5.41, 5.74) is 0.487. The molecule has 0 spiro atoms. The molecule has 0 aliphatic carbocycles. The van der Waals surface area contributed by atoms with Crippen molar-refractivity contribution in [3.05, 3.63) is 76.4 Å². The van der Waals surface area contributed by atoms with Crippen molar-refractivity contribution < 1.29 is 13.9 Å². The van der Waals surface area contributed by atoms with E-state index in [1.165, 1.54) is 30.2 Å². The van der Waals surface area contributed by atoms with Crippen LogP contribution < -0.4 is 15.6 Å². The first-order valence-corrected chi connectivity index (χ1v) is 10.2. The molecule has 2 aromatic carbocycles. The van der Waals surface area contributed by atoms with Gasteiger partial charge in [0, 0.05) is 12.3 Å². The van der Waals surface area contributed by atoms with E-state index in [4.69, 9.17) is 4.74 Å². The van der Waals surface area contributed by atoms with Gasteiger partial charge in [-0.25, -0.2) is 14.4 Å². The van der Waals surface area contributed by atoms with Crippen molar-refractivity contribution in [1.82, 2.24) is 30.5 Å². The van der Waals surface area contributed by atoms with Crippen LogP contribution in [0.4, 0.5) is 4.39 Å². The Morgan fingerprint density at radius 1 is 1.23 bits per heavy atom. The van der Waals surface area contributed by atoms with E-state index in [0.29, 0.717) is 18.1 Å². The van der Waals surface area contributed by atoms with Crippen LogP contribution in [0.25, 0.3) is 10.9 Å². The van der Waals surface area contributed by atoms with E-state index in [1.807, 2.05) is 24.3 Å². The molecule has 4 aromatic rings. The molecular formula is C20H17FN6O3S. The number of halogens is 1. The van der Waals surface area contributed by atoms with Crippen molar-refractivity contribution in [2.24, 2.45) is 0 Å². The Morgan fingerprint density at radius 3 is 2.97 bits per heavy atom. The number of aromatic amines is 2. The Bertz CT molecular complexity index is 1260. The van der Waals surface area contributed by atoms with Crippen molar-refractivity contribution in [3.63, 3.8) is 0 Å². The van der Waals surface area contributed by atoms with Gasteiger partial charge in [0.15, 0.2) is 11.0 Å². The molecule has 1 amide bonds. The smallest absolute Gasteiger partial charge is 0.287 e. The summed E-state index contributed by atoms with van der Waals surface area (Å²) in [5.74, 6) is 0.139. The van der Waals surface area contributed by atoms with Crippen LogP contribution in [0.2, 0.25) is 0 Å². The van der Waals surface area contributed by atoms with Gasteiger partial charge in [-0.15, -0.1) is 0 Å². The number of rotatable bonds is 8. The van der Waals surface area contributed by atoms with Crippen molar-refractivity contribution in [1.29, 1.82) is 0 Å². The Balaban J connectivity index is 1.34. The predicted octanol–water partition coefficient (Wildman–Crippen LogP) is 2.28. The molecule has 0 fully saturated rings. The van der Waals surface area contributed by atoms with E-state index in [2.05, 4.69) is 30.5 Å². The Kier molecular flexibility index (Phi) is 6.22. The highest BCUT2D eigenvalue weighted by molar-refractivity contribution is 7.99. The maximum absolute atomic E-state index is 13.3. The third kappa shape index (κ3) is 5.25. The fraction of sp³-hybridized carbons (Fsp3) is 0.150. The summed E-state index contributed by atoms with van der Waals surface area (Å²) in [6, 6.07) is 10.9. The van der Waals surface area contributed by atoms with Crippen molar-refractivity contribution in [2.45, 2.75) is 11.7 Å². The monoisotopic (exact) mass is 440 g/mol. The number of aromatic nitrogens is 5. The second-order valence-electron chi connectivity index (χ2n) is 6.39. The van der Waals surface area contributed by atoms with Crippen LogP contribution in [0.1, 0.15) is 16.2 Å². The van der Waals surface area contributed by atoms with E-state index in [1.54, 1.807) is 0 Å². The molecule has 3 N–H and O–H groups in total. The third-order valence-electron chi connectivity index (χ3n) is 4.22. The quantitative estimate of drug-likeness (QED) is 0.283. The number of fused-ring (bicyclic) bond motifs is 1. The SMILES string of the molecule is O=C(NCc1cccc(OCCSc2ncn[nH]2)c1)c1nc2ccc(F)cc2c(=O)[nH]1. The number of nitrogens with zero attached hydrogens (tertiary/aromatic N) is 3.